The van der Waals surface area contributed by atoms with E-state index < -0.39 is 10.2 Å². The number of rotatable bonds is 5. The summed E-state index contributed by atoms with van der Waals surface area (Å²) in [5.41, 5.74) is 0. The molecule has 0 amide bonds. The van der Waals surface area contributed by atoms with Crippen molar-refractivity contribution in [2.45, 2.75) is 0 Å². The summed E-state index contributed by atoms with van der Waals surface area (Å²) in [5, 5.41) is 3.25. The Hall–Kier alpha value is -0.210. The molecule has 1 fully saturated rings. The number of piperazine rings is 1. The monoisotopic (exact) mass is 236 g/mol. The highest BCUT2D eigenvalue weighted by Gasteiger charge is 2.13. The Balaban J connectivity index is 2.20. The largest absolute Gasteiger partial charge is 0.314 e. The molecule has 0 radical (unpaired) electrons. The molecule has 1 aliphatic rings. The summed E-state index contributed by atoms with van der Waals surface area (Å²) in [6.45, 7) is 5.20. The highest BCUT2D eigenvalue weighted by molar-refractivity contribution is 7.87. The smallest absolute Gasteiger partial charge is 0.278 e. The molecule has 1 aliphatic heterocycles. The van der Waals surface area contributed by atoms with Crippen molar-refractivity contribution in [3.8, 4) is 0 Å². The first-order chi connectivity index (χ1) is 7.02. The molecule has 0 aromatic rings. The van der Waals surface area contributed by atoms with E-state index in [4.69, 9.17) is 0 Å². The fourth-order valence-electron chi connectivity index (χ4n) is 1.40. The topological polar surface area (TPSA) is 64.7 Å². The minimum Gasteiger partial charge on any atom is -0.314 e. The van der Waals surface area contributed by atoms with Crippen LogP contribution >= 0.6 is 0 Å². The molecule has 1 saturated heterocycles. The lowest BCUT2D eigenvalue weighted by molar-refractivity contribution is 0.244. The van der Waals surface area contributed by atoms with E-state index in [0.717, 1.165) is 32.7 Å². The van der Waals surface area contributed by atoms with Crippen molar-refractivity contribution < 1.29 is 8.42 Å². The first-order valence-electron chi connectivity index (χ1n) is 5.12. The van der Waals surface area contributed by atoms with Crippen LogP contribution in [0.25, 0.3) is 0 Å². The van der Waals surface area contributed by atoms with E-state index in [1.807, 2.05) is 0 Å². The van der Waals surface area contributed by atoms with Gasteiger partial charge in [-0.2, -0.15) is 12.7 Å². The van der Waals surface area contributed by atoms with Gasteiger partial charge in [-0.25, -0.2) is 4.72 Å². The molecule has 0 unspecified atom stereocenters. The first-order valence-corrected chi connectivity index (χ1v) is 6.56. The maximum Gasteiger partial charge on any atom is 0.278 e. The maximum absolute atomic E-state index is 11.4. The molecule has 90 valence electrons. The molecule has 6 nitrogen and oxygen atoms in total. The first kappa shape index (κ1) is 12.9. The molecule has 0 aromatic carbocycles. The van der Waals surface area contributed by atoms with Gasteiger partial charge < -0.3 is 5.32 Å². The molecule has 1 rings (SSSR count). The predicted octanol–water partition coefficient (Wildman–Crippen LogP) is -1.71. The minimum atomic E-state index is -3.26. The van der Waals surface area contributed by atoms with Crippen LogP contribution in [-0.4, -0.2) is 71.0 Å². The van der Waals surface area contributed by atoms with Crippen LogP contribution in [-0.2, 0) is 10.2 Å². The van der Waals surface area contributed by atoms with E-state index in [1.165, 1.54) is 18.4 Å². The zero-order valence-electron chi connectivity index (χ0n) is 9.36. The summed E-state index contributed by atoms with van der Waals surface area (Å²) < 4.78 is 26.4. The summed E-state index contributed by atoms with van der Waals surface area (Å²) in [6, 6.07) is 0. The number of hydrogen-bond acceptors (Lipinski definition) is 4. The van der Waals surface area contributed by atoms with Crippen LogP contribution < -0.4 is 10.0 Å². The van der Waals surface area contributed by atoms with E-state index in [2.05, 4.69) is 14.9 Å². The standard InChI is InChI=1S/C8H20N4O2S/c1-11(2)15(13,14)10-5-8-12-6-3-9-4-7-12/h9-10H,3-8H2,1-2H3. The van der Waals surface area contributed by atoms with E-state index in [1.54, 1.807) is 0 Å². The quantitative estimate of drug-likeness (QED) is 0.596. The van der Waals surface area contributed by atoms with Crippen LogP contribution in [0.5, 0.6) is 0 Å². The second-order valence-corrected chi connectivity index (χ2v) is 5.74. The predicted molar refractivity (Wildman–Crippen MR) is 59.9 cm³/mol. The summed E-state index contributed by atoms with van der Waals surface area (Å²) in [4.78, 5) is 2.24. The Morgan fingerprint density at radius 3 is 2.47 bits per heavy atom. The average Bonchev–Trinajstić information content (AvgIpc) is 2.19. The normalized spacial score (nSPS) is 19.7. The summed E-state index contributed by atoms with van der Waals surface area (Å²) in [5.74, 6) is 0. The number of hydrogen-bond donors (Lipinski definition) is 2. The molecule has 0 saturated carbocycles. The van der Waals surface area contributed by atoms with Gasteiger partial charge in [-0.15, -0.1) is 0 Å². The Kier molecular flexibility index (Phi) is 4.94. The summed E-state index contributed by atoms with van der Waals surface area (Å²) >= 11 is 0. The third-order valence-corrected chi connectivity index (χ3v) is 3.93. The Morgan fingerprint density at radius 1 is 1.33 bits per heavy atom. The highest BCUT2D eigenvalue weighted by Crippen LogP contribution is 1.92. The second kappa shape index (κ2) is 5.76. The molecule has 0 atom stereocenters. The average molecular weight is 236 g/mol. The van der Waals surface area contributed by atoms with E-state index >= 15 is 0 Å². The van der Waals surface area contributed by atoms with Crippen LogP contribution in [0.3, 0.4) is 0 Å². The van der Waals surface area contributed by atoms with Gasteiger partial charge in [-0.3, -0.25) is 4.90 Å². The van der Waals surface area contributed by atoms with Crippen molar-refractivity contribution in [2.75, 3.05) is 53.4 Å². The van der Waals surface area contributed by atoms with Gasteiger partial charge in [0.15, 0.2) is 0 Å². The van der Waals surface area contributed by atoms with Crippen molar-refractivity contribution in [3.63, 3.8) is 0 Å². The third kappa shape index (κ3) is 4.43. The summed E-state index contributed by atoms with van der Waals surface area (Å²) in [7, 11) is -0.216. The van der Waals surface area contributed by atoms with Gasteiger partial charge in [0.05, 0.1) is 0 Å². The fourth-order valence-corrected chi connectivity index (χ4v) is 2.00. The van der Waals surface area contributed by atoms with Crippen LogP contribution in [0, 0.1) is 0 Å². The van der Waals surface area contributed by atoms with Gasteiger partial charge in [0.1, 0.15) is 0 Å². The van der Waals surface area contributed by atoms with Crippen molar-refractivity contribution in [1.82, 2.24) is 19.2 Å². The van der Waals surface area contributed by atoms with E-state index in [9.17, 15) is 8.42 Å². The van der Waals surface area contributed by atoms with Crippen LogP contribution in [0.15, 0.2) is 0 Å². The molecule has 0 spiro atoms. The maximum atomic E-state index is 11.4. The van der Waals surface area contributed by atoms with Crippen molar-refractivity contribution >= 4 is 10.2 Å². The molecule has 1 heterocycles. The van der Waals surface area contributed by atoms with Gasteiger partial charge in [0.2, 0.25) is 0 Å². The van der Waals surface area contributed by atoms with Crippen molar-refractivity contribution in [3.05, 3.63) is 0 Å². The second-order valence-electron chi connectivity index (χ2n) is 3.77. The van der Waals surface area contributed by atoms with Gasteiger partial charge >= 0.3 is 0 Å². The molecule has 0 aliphatic carbocycles. The van der Waals surface area contributed by atoms with Gasteiger partial charge in [0.25, 0.3) is 10.2 Å². The molecule has 0 bridgehead atoms. The molecular weight excluding hydrogens is 216 g/mol. The van der Waals surface area contributed by atoms with Crippen LogP contribution in [0.4, 0.5) is 0 Å². The third-order valence-electron chi connectivity index (χ3n) is 2.40. The number of nitrogens with zero attached hydrogens (tertiary/aromatic N) is 2. The highest BCUT2D eigenvalue weighted by atomic mass is 32.2. The van der Waals surface area contributed by atoms with E-state index in [0.29, 0.717) is 6.54 Å². The van der Waals surface area contributed by atoms with E-state index in [-0.39, 0.29) is 0 Å². The molecule has 2 N–H and O–H groups in total. The lowest BCUT2D eigenvalue weighted by Crippen LogP contribution is -2.47. The van der Waals surface area contributed by atoms with Gasteiger partial charge in [-0.05, 0) is 0 Å². The zero-order valence-corrected chi connectivity index (χ0v) is 10.2. The molecule has 7 heteroatoms. The van der Waals surface area contributed by atoms with Crippen molar-refractivity contribution in [1.29, 1.82) is 0 Å². The lowest BCUT2D eigenvalue weighted by Gasteiger charge is -2.27. The van der Waals surface area contributed by atoms with Crippen LogP contribution in [0.1, 0.15) is 0 Å². The molecular formula is C8H20N4O2S. The SMILES string of the molecule is CN(C)S(=O)(=O)NCCN1CCNCC1. The lowest BCUT2D eigenvalue weighted by atomic mass is 10.3. The number of nitrogens with one attached hydrogen (secondary N) is 2. The van der Waals surface area contributed by atoms with Crippen molar-refractivity contribution in [2.24, 2.45) is 0 Å². The zero-order chi connectivity index (χ0) is 11.3. The molecule has 15 heavy (non-hydrogen) atoms. The Morgan fingerprint density at radius 2 is 1.93 bits per heavy atom. The van der Waals surface area contributed by atoms with Gasteiger partial charge in [-0.1, -0.05) is 0 Å². The minimum absolute atomic E-state index is 0.473. The Labute approximate surface area is 91.8 Å². The molecule has 0 aromatic heterocycles. The van der Waals surface area contributed by atoms with Crippen LogP contribution in [0.2, 0.25) is 0 Å². The van der Waals surface area contributed by atoms with Gasteiger partial charge in [0, 0.05) is 53.4 Å². The summed E-state index contributed by atoms with van der Waals surface area (Å²) in [6.07, 6.45) is 0. The Bertz CT molecular complexity index is 272. The fraction of sp³-hybridized carbons (Fsp3) is 1.00.